The number of aromatic nitrogens is 3. The second kappa shape index (κ2) is 5.76. The van der Waals surface area contributed by atoms with Crippen LogP contribution in [0.1, 0.15) is 12.8 Å². The average molecular weight is 306 g/mol. The Kier molecular flexibility index (Phi) is 3.46. The van der Waals surface area contributed by atoms with Crippen LogP contribution in [0.3, 0.4) is 0 Å². The van der Waals surface area contributed by atoms with Gasteiger partial charge < -0.3 is 5.32 Å². The molecule has 0 atom stereocenters. The Morgan fingerprint density at radius 3 is 2.65 bits per heavy atom. The molecule has 5 heteroatoms. The fraction of sp³-hybridized carbons (Fsp3) is 0.167. The summed E-state index contributed by atoms with van der Waals surface area (Å²) >= 11 is 0. The predicted molar refractivity (Wildman–Crippen MR) is 87.3 cm³/mol. The van der Waals surface area contributed by atoms with E-state index in [1.807, 2.05) is 12.1 Å². The van der Waals surface area contributed by atoms with Crippen LogP contribution in [-0.4, -0.2) is 21.0 Å². The maximum Gasteiger partial charge on any atom is 0.163 e. The Morgan fingerprint density at radius 1 is 1.04 bits per heavy atom. The lowest BCUT2D eigenvalue weighted by Crippen LogP contribution is -2.05. The first-order valence-corrected chi connectivity index (χ1v) is 7.60. The van der Waals surface area contributed by atoms with Gasteiger partial charge in [-0.2, -0.15) is 0 Å². The van der Waals surface area contributed by atoms with E-state index in [0.29, 0.717) is 23.1 Å². The number of halogens is 1. The number of hydrogen-bond acceptors (Lipinski definition) is 4. The Hall–Kier alpha value is -2.82. The fourth-order valence-electron chi connectivity index (χ4n) is 2.39. The van der Waals surface area contributed by atoms with Crippen molar-refractivity contribution < 1.29 is 4.39 Å². The molecule has 4 nitrogen and oxygen atoms in total. The third-order valence-corrected chi connectivity index (χ3v) is 3.73. The van der Waals surface area contributed by atoms with Crippen molar-refractivity contribution in [2.75, 3.05) is 5.32 Å². The molecule has 114 valence electrons. The monoisotopic (exact) mass is 306 g/mol. The van der Waals surface area contributed by atoms with E-state index in [2.05, 4.69) is 20.3 Å². The second-order valence-corrected chi connectivity index (χ2v) is 5.60. The summed E-state index contributed by atoms with van der Waals surface area (Å²) in [7, 11) is 0. The average Bonchev–Trinajstić information content (AvgIpc) is 3.40. The summed E-state index contributed by atoms with van der Waals surface area (Å²) in [5.41, 5.74) is 1.85. The molecule has 0 spiro atoms. The zero-order valence-electron chi connectivity index (χ0n) is 12.4. The minimum Gasteiger partial charge on any atom is -0.367 e. The normalized spacial score (nSPS) is 13.8. The number of benzene rings is 1. The molecule has 1 N–H and O–H groups in total. The van der Waals surface area contributed by atoms with Gasteiger partial charge in [-0.25, -0.2) is 14.4 Å². The van der Waals surface area contributed by atoms with Crippen molar-refractivity contribution in [1.82, 2.24) is 15.0 Å². The van der Waals surface area contributed by atoms with Gasteiger partial charge >= 0.3 is 0 Å². The molecule has 1 aliphatic carbocycles. The van der Waals surface area contributed by atoms with Gasteiger partial charge in [0.2, 0.25) is 0 Å². The van der Waals surface area contributed by atoms with E-state index in [9.17, 15) is 4.39 Å². The van der Waals surface area contributed by atoms with E-state index in [-0.39, 0.29) is 5.82 Å². The van der Waals surface area contributed by atoms with E-state index in [0.717, 1.165) is 24.2 Å². The molecule has 1 saturated carbocycles. The third kappa shape index (κ3) is 3.04. The minimum absolute atomic E-state index is 0.291. The maximum absolute atomic E-state index is 14.1. The number of hydrogen-bond donors (Lipinski definition) is 1. The van der Waals surface area contributed by atoms with Crippen molar-refractivity contribution in [3.63, 3.8) is 0 Å². The number of nitrogens with zero attached hydrogens (tertiary/aromatic N) is 3. The second-order valence-electron chi connectivity index (χ2n) is 5.60. The minimum atomic E-state index is -0.291. The first-order chi connectivity index (χ1) is 11.3. The summed E-state index contributed by atoms with van der Waals surface area (Å²) in [5.74, 6) is 0.974. The van der Waals surface area contributed by atoms with Crippen LogP contribution in [0.25, 0.3) is 22.6 Å². The largest absolute Gasteiger partial charge is 0.367 e. The van der Waals surface area contributed by atoms with Crippen molar-refractivity contribution >= 4 is 5.82 Å². The molecule has 1 fully saturated rings. The van der Waals surface area contributed by atoms with Crippen molar-refractivity contribution in [1.29, 1.82) is 0 Å². The summed E-state index contributed by atoms with van der Waals surface area (Å²) in [6, 6.07) is 12.6. The molecule has 23 heavy (non-hydrogen) atoms. The molecule has 2 heterocycles. The van der Waals surface area contributed by atoms with E-state index in [1.165, 1.54) is 6.07 Å². The van der Waals surface area contributed by atoms with Crippen LogP contribution in [0.15, 0.2) is 54.9 Å². The summed E-state index contributed by atoms with van der Waals surface area (Å²) in [6.45, 7) is 0. The van der Waals surface area contributed by atoms with Gasteiger partial charge in [0.25, 0.3) is 0 Å². The Bertz CT molecular complexity index is 831. The molecule has 1 aliphatic rings. The molecule has 4 rings (SSSR count). The molecular weight excluding hydrogens is 291 g/mol. The summed E-state index contributed by atoms with van der Waals surface area (Å²) in [6.07, 6.45) is 5.69. The van der Waals surface area contributed by atoms with Gasteiger partial charge in [0, 0.05) is 35.6 Å². The van der Waals surface area contributed by atoms with Crippen LogP contribution in [0.2, 0.25) is 0 Å². The van der Waals surface area contributed by atoms with Gasteiger partial charge in [0.15, 0.2) is 5.82 Å². The standard InChI is InChI=1S/C18H15FN4/c19-15-6-2-1-5-14(15)16-10-17(21-13-7-8-13)23-18(22-16)12-4-3-9-20-11-12/h1-6,9-11,13H,7-8H2,(H,21,22,23). The van der Waals surface area contributed by atoms with Gasteiger partial charge in [0.05, 0.1) is 5.69 Å². The van der Waals surface area contributed by atoms with Crippen molar-refractivity contribution in [2.45, 2.75) is 18.9 Å². The van der Waals surface area contributed by atoms with Gasteiger partial charge in [-0.05, 0) is 37.1 Å². The van der Waals surface area contributed by atoms with E-state index in [1.54, 1.807) is 36.7 Å². The molecule has 0 aliphatic heterocycles. The summed E-state index contributed by atoms with van der Waals surface area (Å²) < 4.78 is 14.1. The van der Waals surface area contributed by atoms with E-state index >= 15 is 0 Å². The highest BCUT2D eigenvalue weighted by Gasteiger charge is 2.22. The number of rotatable bonds is 4. The number of pyridine rings is 1. The highest BCUT2D eigenvalue weighted by atomic mass is 19.1. The molecule has 0 bridgehead atoms. The molecule has 2 aromatic heterocycles. The predicted octanol–water partition coefficient (Wildman–Crippen LogP) is 3.92. The quantitative estimate of drug-likeness (QED) is 0.794. The van der Waals surface area contributed by atoms with Crippen LogP contribution in [0.4, 0.5) is 10.2 Å². The topological polar surface area (TPSA) is 50.7 Å². The molecule has 0 saturated heterocycles. The first kappa shape index (κ1) is 13.8. The number of nitrogens with one attached hydrogen (secondary N) is 1. The SMILES string of the molecule is Fc1ccccc1-c1cc(NC2CC2)nc(-c2cccnc2)n1. The molecule has 3 aromatic rings. The Morgan fingerprint density at radius 2 is 1.91 bits per heavy atom. The molecular formula is C18H15FN4. The summed E-state index contributed by atoms with van der Waals surface area (Å²) in [5, 5.41) is 3.36. The summed E-state index contributed by atoms with van der Waals surface area (Å²) in [4.78, 5) is 13.2. The zero-order chi connectivity index (χ0) is 15.6. The van der Waals surface area contributed by atoms with Crippen LogP contribution < -0.4 is 5.32 Å². The highest BCUT2D eigenvalue weighted by molar-refractivity contribution is 5.67. The smallest absolute Gasteiger partial charge is 0.163 e. The van der Waals surface area contributed by atoms with Crippen molar-refractivity contribution in [3.05, 3.63) is 60.7 Å². The van der Waals surface area contributed by atoms with Crippen LogP contribution in [0.5, 0.6) is 0 Å². The molecule has 0 amide bonds. The highest BCUT2D eigenvalue weighted by Crippen LogP contribution is 2.29. The molecule has 0 unspecified atom stereocenters. The van der Waals surface area contributed by atoms with Gasteiger partial charge in [-0.1, -0.05) is 12.1 Å². The lowest BCUT2D eigenvalue weighted by molar-refractivity contribution is 0.630. The molecule has 1 aromatic carbocycles. The fourth-order valence-corrected chi connectivity index (χ4v) is 2.39. The van der Waals surface area contributed by atoms with E-state index in [4.69, 9.17) is 0 Å². The molecule has 0 radical (unpaired) electrons. The van der Waals surface area contributed by atoms with Crippen LogP contribution >= 0.6 is 0 Å². The van der Waals surface area contributed by atoms with Crippen LogP contribution in [0, 0.1) is 5.82 Å². The first-order valence-electron chi connectivity index (χ1n) is 7.60. The Labute approximate surface area is 133 Å². The lowest BCUT2D eigenvalue weighted by Gasteiger charge is -2.10. The Balaban J connectivity index is 1.83. The van der Waals surface area contributed by atoms with Gasteiger partial charge in [0.1, 0.15) is 11.6 Å². The van der Waals surface area contributed by atoms with E-state index < -0.39 is 0 Å². The van der Waals surface area contributed by atoms with Crippen molar-refractivity contribution in [3.8, 4) is 22.6 Å². The van der Waals surface area contributed by atoms with Gasteiger partial charge in [-0.3, -0.25) is 4.98 Å². The maximum atomic E-state index is 14.1. The van der Waals surface area contributed by atoms with Gasteiger partial charge in [-0.15, -0.1) is 0 Å². The van der Waals surface area contributed by atoms with Crippen LogP contribution in [-0.2, 0) is 0 Å². The lowest BCUT2D eigenvalue weighted by atomic mass is 10.1. The van der Waals surface area contributed by atoms with Crippen molar-refractivity contribution in [2.24, 2.45) is 0 Å². The number of anilines is 1. The zero-order valence-corrected chi connectivity index (χ0v) is 12.4. The third-order valence-electron chi connectivity index (χ3n) is 3.73.